The van der Waals surface area contributed by atoms with E-state index in [2.05, 4.69) is 9.69 Å². The summed E-state index contributed by atoms with van der Waals surface area (Å²) in [7, 11) is 0. The Labute approximate surface area is 228 Å². The van der Waals surface area contributed by atoms with Crippen molar-refractivity contribution in [2.24, 2.45) is 5.73 Å². The van der Waals surface area contributed by atoms with E-state index < -0.39 is 29.6 Å². The molecule has 0 radical (unpaired) electrons. The van der Waals surface area contributed by atoms with Crippen molar-refractivity contribution in [1.82, 2.24) is 9.69 Å². The monoisotopic (exact) mass is 553 g/mol. The molecule has 204 valence electrons. The second-order valence-corrected chi connectivity index (χ2v) is 10.2. The fourth-order valence-corrected chi connectivity index (χ4v) is 5.64. The topological polar surface area (TPSA) is 150 Å². The van der Waals surface area contributed by atoms with E-state index in [1.807, 2.05) is 0 Å². The van der Waals surface area contributed by atoms with Gasteiger partial charge in [-0.3, -0.25) is 19.3 Å². The van der Waals surface area contributed by atoms with Crippen LogP contribution in [0.1, 0.15) is 63.9 Å². The Morgan fingerprint density at radius 3 is 2.38 bits per heavy atom. The highest BCUT2D eigenvalue weighted by molar-refractivity contribution is 7.09. The first-order valence-corrected chi connectivity index (χ1v) is 13.4. The smallest absolute Gasteiger partial charge is 0.273 e. The molecule has 5 N–H and O–H groups in total. The van der Waals surface area contributed by atoms with Crippen molar-refractivity contribution >= 4 is 40.6 Å². The van der Waals surface area contributed by atoms with Gasteiger partial charge in [0.1, 0.15) is 29.9 Å². The molecule has 39 heavy (non-hydrogen) atoms. The van der Waals surface area contributed by atoms with Crippen LogP contribution >= 0.6 is 11.5 Å². The third-order valence-electron chi connectivity index (χ3n) is 6.82. The summed E-state index contributed by atoms with van der Waals surface area (Å²) in [5.41, 5.74) is 11.8. The molecule has 1 saturated carbocycles. The number of nitrogens with zero attached hydrogens (tertiary/aromatic N) is 2. The molecule has 1 atom stereocenters. The summed E-state index contributed by atoms with van der Waals surface area (Å²) in [6, 6.07) is 9.00. The molecule has 0 bridgehead atoms. The summed E-state index contributed by atoms with van der Waals surface area (Å²) in [5, 5.41) is 3.09. The van der Waals surface area contributed by atoms with Gasteiger partial charge >= 0.3 is 0 Å². The second kappa shape index (κ2) is 11.3. The summed E-state index contributed by atoms with van der Waals surface area (Å²) in [5.74, 6) is -1.58. The van der Waals surface area contributed by atoms with Crippen LogP contribution in [0.3, 0.4) is 0 Å². The maximum atomic E-state index is 14.2. The van der Waals surface area contributed by atoms with Gasteiger partial charge in [0.25, 0.3) is 11.8 Å². The van der Waals surface area contributed by atoms with Crippen molar-refractivity contribution in [2.45, 2.75) is 44.2 Å². The quantitative estimate of drug-likeness (QED) is 0.405. The Morgan fingerprint density at radius 2 is 1.72 bits per heavy atom. The van der Waals surface area contributed by atoms with E-state index >= 15 is 0 Å². The van der Waals surface area contributed by atoms with Gasteiger partial charge in [0.15, 0.2) is 17.2 Å². The molecule has 2 aliphatic rings. The van der Waals surface area contributed by atoms with Gasteiger partial charge in [0.05, 0.1) is 5.69 Å². The van der Waals surface area contributed by atoms with Gasteiger partial charge in [-0.2, -0.15) is 4.37 Å². The molecule has 2 aromatic carbocycles. The number of ether oxygens (including phenoxy) is 2. The number of hydrogen-bond acceptors (Lipinski definition) is 8. The van der Waals surface area contributed by atoms with Crippen molar-refractivity contribution in [3.05, 3.63) is 64.4 Å². The lowest BCUT2D eigenvalue weighted by Gasteiger charge is -2.33. The van der Waals surface area contributed by atoms with Crippen LogP contribution in [0.4, 0.5) is 15.8 Å². The van der Waals surface area contributed by atoms with E-state index in [1.165, 1.54) is 29.2 Å². The average Bonchev–Trinajstić information content (AvgIpc) is 3.33. The maximum absolute atomic E-state index is 14.2. The first-order chi connectivity index (χ1) is 18.8. The first-order valence-electron chi connectivity index (χ1n) is 12.7. The minimum atomic E-state index is -1.21. The van der Waals surface area contributed by atoms with Crippen LogP contribution in [-0.4, -0.2) is 41.4 Å². The molecule has 10 nitrogen and oxygen atoms in total. The molecule has 3 aromatic rings. The van der Waals surface area contributed by atoms with Crippen molar-refractivity contribution in [3.8, 4) is 11.5 Å². The van der Waals surface area contributed by atoms with Crippen LogP contribution in [0.5, 0.6) is 11.5 Å². The van der Waals surface area contributed by atoms with E-state index in [1.54, 1.807) is 18.2 Å². The molecule has 1 aliphatic carbocycles. The third-order valence-corrected chi connectivity index (χ3v) is 7.67. The molecule has 12 heteroatoms. The summed E-state index contributed by atoms with van der Waals surface area (Å²) in [6.07, 6.45) is 4.73. The second-order valence-electron chi connectivity index (χ2n) is 9.44. The molecule has 1 aromatic heterocycles. The highest BCUT2D eigenvalue weighted by Crippen LogP contribution is 2.39. The van der Waals surface area contributed by atoms with Crippen molar-refractivity contribution < 1.29 is 28.2 Å². The van der Waals surface area contributed by atoms with Crippen LogP contribution in [0.15, 0.2) is 42.5 Å². The van der Waals surface area contributed by atoms with Crippen LogP contribution in [0.2, 0.25) is 0 Å². The van der Waals surface area contributed by atoms with E-state index in [9.17, 15) is 18.8 Å². The molecule has 0 unspecified atom stereocenters. The van der Waals surface area contributed by atoms with E-state index in [-0.39, 0.29) is 22.3 Å². The molecule has 5 rings (SSSR count). The number of anilines is 2. The lowest BCUT2D eigenvalue weighted by Crippen LogP contribution is -2.47. The Hall–Kier alpha value is -4.19. The molecule has 0 saturated heterocycles. The normalized spacial score (nSPS) is 15.8. The van der Waals surface area contributed by atoms with E-state index in [0.717, 1.165) is 32.1 Å². The standard InChI is InChI=1S/C27H28FN5O5S/c28-16-8-6-15(7-9-16)23(26(35)31-17-4-2-1-3-5-17)33(18-10-11-19-20(14-18)38-13-12-37-19)27(36)24-21(29)22(25(30)34)32-39-24/h6-11,14,17,23H,1-5,12-13,29H2,(H2,30,34)(H,31,35)/t23-/m1/s1. The van der Waals surface area contributed by atoms with Gasteiger partial charge in [0, 0.05) is 17.8 Å². The Morgan fingerprint density at radius 1 is 1.03 bits per heavy atom. The number of nitrogen functional groups attached to an aromatic ring is 1. The number of nitrogens with one attached hydrogen (secondary N) is 1. The van der Waals surface area contributed by atoms with Gasteiger partial charge in [-0.15, -0.1) is 0 Å². The van der Waals surface area contributed by atoms with Gasteiger partial charge in [-0.05, 0) is 54.2 Å². The summed E-state index contributed by atoms with van der Waals surface area (Å²) in [4.78, 5) is 41.2. The van der Waals surface area contributed by atoms with Crippen molar-refractivity contribution in [3.63, 3.8) is 0 Å². The first kappa shape index (κ1) is 26.4. The Balaban J connectivity index is 1.63. The van der Waals surface area contributed by atoms with Gasteiger partial charge in [-0.25, -0.2) is 4.39 Å². The molecule has 1 fully saturated rings. The third kappa shape index (κ3) is 5.51. The summed E-state index contributed by atoms with van der Waals surface area (Å²) < 4.78 is 29.2. The number of benzene rings is 2. The SMILES string of the molecule is NC(=O)c1nsc(C(=O)N(c2ccc3c(c2)OCCO3)[C@@H](C(=O)NC2CCCCC2)c2ccc(F)cc2)c1N. The van der Waals surface area contributed by atoms with Crippen LogP contribution in [0, 0.1) is 5.82 Å². The predicted molar refractivity (Wildman–Crippen MR) is 143 cm³/mol. The number of carbonyl (C=O) groups is 3. The van der Waals surface area contributed by atoms with Crippen LogP contribution < -0.4 is 31.2 Å². The fourth-order valence-electron chi connectivity index (χ4n) is 4.89. The zero-order chi connectivity index (χ0) is 27.5. The number of rotatable bonds is 7. The fraction of sp³-hybridized carbons (Fsp3) is 0.333. The van der Waals surface area contributed by atoms with E-state index in [0.29, 0.717) is 47.5 Å². The number of carbonyl (C=O) groups excluding carboxylic acids is 3. The Bertz CT molecular complexity index is 1390. The highest BCUT2D eigenvalue weighted by atomic mass is 32.1. The number of halogens is 1. The number of amides is 3. The lowest BCUT2D eigenvalue weighted by molar-refractivity contribution is -0.123. The zero-order valence-electron chi connectivity index (χ0n) is 21.0. The summed E-state index contributed by atoms with van der Waals surface area (Å²) in [6.45, 7) is 0.696. The largest absolute Gasteiger partial charge is 0.486 e. The van der Waals surface area contributed by atoms with Gasteiger partial charge in [-0.1, -0.05) is 31.4 Å². The number of aromatic nitrogens is 1. The Kier molecular flexibility index (Phi) is 7.64. The van der Waals surface area contributed by atoms with Crippen molar-refractivity contribution in [1.29, 1.82) is 0 Å². The minimum Gasteiger partial charge on any atom is -0.486 e. The van der Waals surface area contributed by atoms with Gasteiger partial charge in [0.2, 0.25) is 5.91 Å². The van der Waals surface area contributed by atoms with Crippen LogP contribution in [0.25, 0.3) is 0 Å². The minimum absolute atomic E-state index is 0.0543. The molecule has 3 amide bonds. The summed E-state index contributed by atoms with van der Waals surface area (Å²) >= 11 is 0.712. The number of fused-ring (bicyclic) bond motifs is 1. The predicted octanol–water partition coefficient (Wildman–Crippen LogP) is 3.57. The van der Waals surface area contributed by atoms with E-state index in [4.69, 9.17) is 20.9 Å². The number of nitrogens with two attached hydrogens (primary N) is 2. The van der Waals surface area contributed by atoms with Crippen LogP contribution in [-0.2, 0) is 4.79 Å². The highest BCUT2D eigenvalue weighted by Gasteiger charge is 2.37. The number of hydrogen-bond donors (Lipinski definition) is 3. The zero-order valence-corrected chi connectivity index (χ0v) is 21.8. The molecular weight excluding hydrogens is 525 g/mol. The molecule has 2 heterocycles. The molecular formula is C27H28FN5O5S. The molecule has 0 spiro atoms. The maximum Gasteiger partial charge on any atom is 0.273 e. The molecule has 1 aliphatic heterocycles. The number of primary amides is 1. The van der Waals surface area contributed by atoms with Gasteiger partial charge < -0.3 is 26.3 Å². The average molecular weight is 554 g/mol. The lowest BCUT2D eigenvalue weighted by atomic mass is 9.94. The van der Waals surface area contributed by atoms with Crippen molar-refractivity contribution in [2.75, 3.05) is 23.8 Å².